The van der Waals surface area contributed by atoms with Crippen molar-refractivity contribution in [2.45, 2.75) is 6.61 Å². The lowest BCUT2D eigenvalue weighted by molar-refractivity contribution is 0.0989. The summed E-state index contributed by atoms with van der Waals surface area (Å²) >= 11 is 0. The first-order chi connectivity index (χ1) is 8.15. The first kappa shape index (κ1) is 10.3. The quantitative estimate of drug-likeness (QED) is 0.744. The number of carbonyl (C=O) groups excluding carboxylic acids is 2. The van der Waals surface area contributed by atoms with E-state index in [4.69, 9.17) is 0 Å². The van der Waals surface area contributed by atoms with Gasteiger partial charge in [-0.15, -0.1) is 0 Å². The van der Waals surface area contributed by atoms with Crippen LogP contribution in [-0.4, -0.2) is 34.3 Å². The fourth-order valence-electron chi connectivity index (χ4n) is 2.35. The molecule has 0 saturated carbocycles. The van der Waals surface area contributed by atoms with Crippen molar-refractivity contribution in [2.24, 2.45) is 7.05 Å². The van der Waals surface area contributed by atoms with Crippen LogP contribution in [0.5, 0.6) is 0 Å². The molecule has 0 aromatic carbocycles. The molecule has 17 heavy (non-hydrogen) atoms. The Balaban J connectivity index is 2.32. The summed E-state index contributed by atoms with van der Waals surface area (Å²) in [6.07, 6.45) is 2.59. The third-order valence-corrected chi connectivity index (χ3v) is 3.27. The normalized spacial score (nSPS) is 17.6. The average molecular weight is 232 g/mol. The molecule has 0 atom stereocenters. The molecule has 1 aromatic rings. The molecule has 0 unspecified atom stereocenters. The molecule has 1 aromatic heterocycles. The number of nitrogens with zero attached hydrogens (tertiary/aromatic N) is 2. The van der Waals surface area contributed by atoms with E-state index in [2.05, 4.69) is 0 Å². The summed E-state index contributed by atoms with van der Waals surface area (Å²) in [5.41, 5.74) is 2.20. The van der Waals surface area contributed by atoms with Crippen LogP contribution < -0.4 is 4.90 Å². The van der Waals surface area contributed by atoms with Crippen molar-refractivity contribution in [3.8, 4) is 0 Å². The van der Waals surface area contributed by atoms with Gasteiger partial charge in [0, 0.05) is 20.1 Å². The summed E-state index contributed by atoms with van der Waals surface area (Å²) in [6.45, 7) is 1.57. The highest BCUT2D eigenvalue weighted by atomic mass is 16.3. The molecular formula is C12H12N2O3. The smallest absolute Gasteiger partial charge is 0.203 e. The van der Waals surface area contributed by atoms with Gasteiger partial charge in [0.25, 0.3) is 0 Å². The highest BCUT2D eigenvalue weighted by Crippen LogP contribution is 2.37. The molecule has 88 valence electrons. The molecule has 5 heteroatoms. The van der Waals surface area contributed by atoms with Crippen LogP contribution in [0.25, 0.3) is 0 Å². The Morgan fingerprint density at radius 2 is 1.88 bits per heavy atom. The van der Waals surface area contributed by atoms with Crippen molar-refractivity contribution in [3.63, 3.8) is 0 Å². The van der Waals surface area contributed by atoms with E-state index in [0.29, 0.717) is 17.0 Å². The standard InChI is InChI=1S/C12H12N2O3/c1-13-7(6-15)11(14-4-5-14)10-8(16)2-3-9(17)12(10)13/h2-3,15H,4-6H2,1H3. The van der Waals surface area contributed by atoms with Crippen LogP contribution in [0.1, 0.15) is 26.5 Å². The minimum atomic E-state index is -0.176. The highest BCUT2D eigenvalue weighted by molar-refractivity contribution is 6.24. The number of aromatic nitrogens is 1. The Kier molecular flexibility index (Phi) is 2.00. The maximum atomic E-state index is 11.9. The zero-order valence-corrected chi connectivity index (χ0v) is 9.43. The summed E-state index contributed by atoms with van der Waals surface area (Å²) < 4.78 is 1.63. The molecule has 1 aliphatic carbocycles. The summed E-state index contributed by atoms with van der Waals surface area (Å²) in [7, 11) is 1.71. The first-order valence-corrected chi connectivity index (χ1v) is 5.49. The van der Waals surface area contributed by atoms with Crippen molar-refractivity contribution >= 4 is 17.3 Å². The predicted octanol–water partition coefficient (Wildman–Crippen LogP) is 0.273. The summed E-state index contributed by atoms with van der Waals surface area (Å²) in [4.78, 5) is 25.7. The monoisotopic (exact) mass is 232 g/mol. The number of anilines is 1. The van der Waals surface area contributed by atoms with Crippen LogP contribution >= 0.6 is 0 Å². The van der Waals surface area contributed by atoms with Gasteiger partial charge in [-0.05, 0) is 12.2 Å². The number of hydrogen-bond donors (Lipinski definition) is 1. The van der Waals surface area contributed by atoms with E-state index < -0.39 is 0 Å². The number of carbonyl (C=O) groups is 2. The molecule has 2 heterocycles. The molecule has 1 N–H and O–H groups in total. The lowest BCUT2D eigenvalue weighted by Crippen LogP contribution is -2.14. The zero-order chi connectivity index (χ0) is 12.2. The second-order valence-electron chi connectivity index (χ2n) is 4.28. The number of ketones is 2. The number of aliphatic hydroxyl groups is 1. The Hall–Kier alpha value is -1.88. The number of aliphatic hydroxyl groups excluding tert-OH is 1. The van der Waals surface area contributed by atoms with Gasteiger partial charge < -0.3 is 14.6 Å². The molecule has 1 fully saturated rings. The predicted molar refractivity (Wildman–Crippen MR) is 61.3 cm³/mol. The van der Waals surface area contributed by atoms with Gasteiger partial charge in [0.15, 0.2) is 5.78 Å². The Morgan fingerprint density at radius 1 is 1.24 bits per heavy atom. The van der Waals surface area contributed by atoms with Gasteiger partial charge in [0.1, 0.15) is 5.69 Å². The molecule has 0 bridgehead atoms. The van der Waals surface area contributed by atoms with E-state index in [9.17, 15) is 14.7 Å². The fraction of sp³-hybridized carbons (Fsp3) is 0.333. The molecule has 3 rings (SSSR count). The minimum Gasteiger partial charge on any atom is -0.390 e. The molecule has 1 aliphatic heterocycles. The van der Waals surface area contributed by atoms with Gasteiger partial charge in [-0.25, -0.2) is 0 Å². The van der Waals surface area contributed by atoms with E-state index in [-0.39, 0.29) is 18.2 Å². The van der Waals surface area contributed by atoms with E-state index in [1.807, 2.05) is 4.90 Å². The maximum absolute atomic E-state index is 11.9. The second kappa shape index (κ2) is 3.30. The lowest BCUT2D eigenvalue weighted by atomic mass is 10.0. The Morgan fingerprint density at radius 3 is 2.47 bits per heavy atom. The average Bonchev–Trinajstić information content (AvgIpc) is 3.09. The number of rotatable bonds is 2. The largest absolute Gasteiger partial charge is 0.390 e. The Labute approximate surface area is 97.9 Å². The topological polar surface area (TPSA) is 62.3 Å². The Bertz CT molecular complexity index is 565. The molecule has 0 spiro atoms. The van der Waals surface area contributed by atoms with Crippen molar-refractivity contribution in [1.82, 2.24) is 4.57 Å². The fourth-order valence-corrected chi connectivity index (χ4v) is 2.35. The first-order valence-electron chi connectivity index (χ1n) is 5.49. The molecular weight excluding hydrogens is 220 g/mol. The van der Waals surface area contributed by atoms with E-state index in [0.717, 1.165) is 18.8 Å². The maximum Gasteiger partial charge on any atom is 0.203 e. The molecule has 2 aliphatic rings. The zero-order valence-electron chi connectivity index (χ0n) is 9.43. The second-order valence-corrected chi connectivity index (χ2v) is 4.28. The van der Waals surface area contributed by atoms with Crippen molar-refractivity contribution in [1.29, 1.82) is 0 Å². The number of hydrogen-bond acceptors (Lipinski definition) is 4. The highest BCUT2D eigenvalue weighted by Gasteiger charge is 2.35. The van der Waals surface area contributed by atoms with Crippen molar-refractivity contribution in [2.75, 3.05) is 18.0 Å². The molecule has 0 radical (unpaired) electrons. The van der Waals surface area contributed by atoms with E-state index in [1.165, 1.54) is 12.2 Å². The van der Waals surface area contributed by atoms with Crippen LogP contribution in [0.4, 0.5) is 5.69 Å². The van der Waals surface area contributed by atoms with E-state index >= 15 is 0 Å². The van der Waals surface area contributed by atoms with Crippen LogP contribution in [0, 0.1) is 0 Å². The SMILES string of the molecule is Cn1c(CO)c(N2CC2)c2c1C(=O)C=CC2=O. The van der Waals surface area contributed by atoms with Gasteiger partial charge >= 0.3 is 0 Å². The summed E-state index contributed by atoms with van der Waals surface area (Å²) in [5.74, 6) is -0.332. The van der Waals surface area contributed by atoms with Gasteiger partial charge in [-0.3, -0.25) is 9.59 Å². The molecule has 0 amide bonds. The van der Waals surface area contributed by atoms with Crippen LogP contribution in [-0.2, 0) is 13.7 Å². The third-order valence-electron chi connectivity index (χ3n) is 3.27. The van der Waals surface area contributed by atoms with Crippen molar-refractivity contribution in [3.05, 3.63) is 29.1 Å². The minimum absolute atomic E-state index is 0.156. The van der Waals surface area contributed by atoms with Crippen LogP contribution in [0.2, 0.25) is 0 Å². The molecule has 1 saturated heterocycles. The third kappa shape index (κ3) is 1.29. The van der Waals surface area contributed by atoms with Gasteiger partial charge in [0.05, 0.1) is 23.6 Å². The summed E-state index contributed by atoms with van der Waals surface area (Å²) in [6, 6.07) is 0. The number of allylic oxidation sites excluding steroid dienone is 2. The van der Waals surface area contributed by atoms with Crippen LogP contribution in [0.3, 0.4) is 0 Å². The number of fused-ring (bicyclic) bond motifs is 1. The molecule has 5 nitrogen and oxygen atoms in total. The lowest BCUT2D eigenvalue weighted by Gasteiger charge is -2.07. The van der Waals surface area contributed by atoms with Crippen LogP contribution in [0.15, 0.2) is 12.2 Å². The van der Waals surface area contributed by atoms with Gasteiger partial charge in [-0.2, -0.15) is 0 Å². The van der Waals surface area contributed by atoms with Gasteiger partial charge in [-0.1, -0.05) is 0 Å². The van der Waals surface area contributed by atoms with Crippen molar-refractivity contribution < 1.29 is 14.7 Å². The summed E-state index contributed by atoms with van der Waals surface area (Å²) in [5, 5.41) is 9.41. The van der Waals surface area contributed by atoms with Gasteiger partial charge in [0.2, 0.25) is 5.78 Å². The van der Waals surface area contributed by atoms with E-state index in [1.54, 1.807) is 11.6 Å².